The Morgan fingerprint density at radius 2 is 0.871 bits per heavy atom. The van der Waals surface area contributed by atoms with Gasteiger partial charge in [-0.1, -0.05) is 217 Å². The number of nitrogens with one attached hydrogen (secondary N) is 1. The van der Waals surface area contributed by atoms with Gasteiger partial charge in [0.2, 0.25) is 5.91 Å². The Balaban J connectivity index is 5.30. The maximum absolute atomic E-state index is 13.5. The predicted molar refractivity (Wildman–Crippen MR) is 300 cm³/mol. The average Bonchev–Trinajstić information content (AvgIpc) is 3.32. The third kappa shape index (κ3) is 50.9. The molecule has 70 heavy (non-hydrogen) atoms. The van der Waals surface area contributed by atoms with Crippen LogP contribution in [0.25, 0.3) is 0 Å². The van der Waals surface area contributed by atoms with E-state index in [1.165, 1.54) is 161 Å². The summed E-state index contributed by atoms with van der Waals surface area (Å²) >= 11 is 0. The fourth-order valence-corrected chi connectivity index (χ4v) is 9.11. The van der Waals surface area contributed by atoms with Gasteiger partial charge in [-0.2, -0.15) is 0 Å². The second-order valence-corrected chi connectivity index (χ2v) is 22.6. The van der Waals surface area contributed by atoms with E-state index in [1.54, 1.807) is 0 Å². The van der Waals surface area contributed by atoms with Crippen molar-refractivity contribution in [2.24, 2.45) is 0 Å². The molecule has 0 bridgehead atoms. The molecule has 410 valence electrons. The monoisotopic (exact) mass is 1010 g/mol. The van der Waals surface area contributed by atoms with Crippen LogP contribution in [0.3, 0.4) is 0 Å². The van der Waals surface area contributed by atoms with Crippen molar-refractivity contribution in [2.75, 3.05) is 40.9 Å². The first-order valence-electron chi connectivity index (χ1n) is 29.5. The van der Waals surface area contributed by atoms with Crippen LogP contribution in [-0.2, 0) is 27.9 Å². The summed E-state index contributed by atoms with van der Waals surface area (Å²) in [5, 5.41) is 3.04. The van der Waals surface area contributed by atoms with E-state index in [1.807, 2.05) is 33.3 Å². The number of phosphoric ester groups is 1. The van der Waals surface area contributed by atoms with E-state index in [4.69, 9.17) is 13.8 Å². The molecule has 0 aromatic carbocycles. The van der Waals surface area contributed by atoms with Crippen molar-refractivity contribution >= 4 is 19.7 Å². The van der Waals surface area contributed by atoms with E-state index >= 15 is 0 Å². The predicted octanol–water partition coefficient (Wildman–Crippen LogP) is 17.7. The molecule has 3 atom stereocenters. The molecule has 0 aromatic heterocycles. The highest BCUT2D eigenvalue weighted by molar-refractivity contribution is 7.47. The number of likely N-dealkylation sites (N-methyl/N-ethyl adjacent to an activating group) is 1. The molecular weight excluding hydrogens is 892 g/mol. The average molecular weight is 1010 g/mol. The molecule has 0 radical (unpaired) electrons. The summed E-state index contributed by atoms with van der Waals surface area (Å²) in [6.07, 6.45) is 61.0. The molecule has 0 rings (SSSR count). The SMILES string of the molecule is CCCCC/C=C\C/C=C\CCCCCCCCCCCC(=O)OC(/C=C\CCCCCCCCCCCC)C(COP(=O)(O)OCC[N+](C)(C)C)NC(=O)CCCCC/C=C\CCCCCCCC. The standard InChI is InChI=1S/C60H113N2O7P/c1-7-10-13-16-19-22-25-28-29-30-31-32-33-35-38-41-44-47-50-53-60(64)69-58(51-48-45-42-39-36-27-24-21-18-15-12-9-3)57(56-68-70(65,66)67-55-54-62(4,5)6)61-59(63)52-49-46-43-40-37-34-26-23-20-17-14-11-8-2/h19,22,28-29,34,37,48,51,57-58H,7-18,20-21,23-27,30-33,35-36,38-47,49-50,52-56H2,1-6H3,(H-,61,63,65,66)/p+1/b22-19-,29-28-,37-34-,51-48-. The zero-order valence-electron chi connectivity index (χ0n) is 46.8. The molecule has 0 saturated heterocycles. The number of esters is 1. The van der Waals surface area contributed by atoms with Crippen LogP contribution in [0.4, 0.5) is 0 Å². The maximum Gasteiger partial charge on any atom is 0.472 e. The number of ether oxygens (including phenoxy) is 1. The smallest absolute Gasteiger partial charge is 0.456 e. The third-order valence-corrected chi connectivity index (χ3v) is 14.0. The van der Waals surface area contributed by atoms with Gasteiger partial charge in [0.1, 0.15) is 19.3 Å². The second-order valence-electron chi connectivity index (χ2n) is 21.2. The molecule has 0 aliphatic carbocycles. The van der Waals surface area contributed by atoms with Gasteiger partial charge < -0.3 is 19.4 Å². The number of allylic oxidation sites excluding steroid dienone is 7. The molecule has 0 spiro atoms. The van der Waals surface area contributed by atoms with Crippen LogP contribution in [0.5, 0.6) is 0 Å². The second kappa shape index (κ2) is 50.5. The molecule has 0 aromatic rings. The Labute approximate surface area is 433 Å². The first-order valence-corrected chi connectivity index (χ1v) is 31.0. The van der Waals surface area contributed by atoms with Gasteiger partial charge in [0, 0.05) is 12.8 Å². The van der Waals surface area contributed by atoms with Crippen LogP contribution in [0, 0.1) is 0 Å². The molecule has 0 aliphatic heterocycles. The topological polar surface area (TPSA) is 111 Å². The fraction of sp³-hybridized carbons (Fsp3) is 0.833. The third-order valence-electron chi connectivity index (χ3n) is 13.0. The quantitative estimate of drug-likeness (QED) is 0.0205. The largest absolute Gasteiger partial charge is 0.472 e. The lowest BCUT2D eigenvalue weighted by atomic mass is 10.0. The minimum Gasteiger partial charge on any atom is -0.456 e. The number of phosphoric acid groups is 1. The lowest BCUT2D eigenvalue weighted by Gasteiger charge is -2.27. The molecule has 3 unspecified atom stereocenters. The molecule has 0 heterocycles. The van der Waals surface area contributed by atoms with Gasteiger partial charge in [-0.05, 0) is 89.5 Å². The van der Waals surface area contributed by atoms with E-state index in [-0.39, 0.29) is 31.5 Å². The summed E-state index contributed by atoms with van der Waals surface area (Å²) in [5.41, 5.74) is 0. The van der Waals surface area contributed by atoms with Crippen molar-refractivity contribution in [1.82, 2.24) is 5.32 Å². The zero-order chi connectivity index (χ0) is 51.5. The fourth-order valence-electron chi connectivity index (χ4n) is 8.38. The molecule has 9 nitrogen and oxygen atoms in total. The lowest BCUT2D eigenvalue weighted by molar-refractivity contribution is -0.870. The normalized spacial score (nSPS) is 14.1. The number of amides is 1. The number of hydrogen-bond donors (Lipinski definition) is 2. The van der Waals surface area contributed by atoms with Crippen molar-refractivity contribution in [3.8, 4) is 0 Å². The van der Waals surface area contributed by atoms with Gasteiger partial charge in [-0.25, -0.2) is 4.57 Å². The highest BCUT2D eigenvalue weighted by Crippen LogP contribution is 2.43. The highest BCUT2D eigenvalue weighted by Gasteiger charge is 2.30. The minimum absolute atomic E-state index is 0.0370. The molecule has 0 aliphatic rings. The van der Waals surface area contributed by atoms with Gasteiger partial charge in [0.15, 0.2) is 0 Å². The van der Waals surface area contributed by atoms with Crippen LogP contribution in [0.2, 0.25) is 0 Å². The summed E-state index contributed by atoms with van der Waals surface area (Å²) < 4.78 is 30.6. The molecule has 2 N–H and O–H groups in total. The highest BCUT2D eigenvalue weighted by atomic mass is 31.2. The van der Waals surface area contributed by atoms with Crippen LogP contribution in [0.1, 0.15) is 271 Å². The van der Waals surface area contributed by atoms with Gasteiger partial charge in [0.25, 0.3) is 0 Å². The first-order chi connectivity index (χ1) is 33.9. The lowest BCUT2D eigenvalue weighted by Crippen LogP contribution is -2.47. The molecule has 10 heteroatoms. The summed E-state index contributed by atoms with van der Waals surface area (Å²) in [6, 6.07) is -0.855. The van der Waals surface area contributed by atoms with Crippen molar-refractivity contribution in [2.45, 2.75) is 283 Å². The Kier molecular flexibility index (Phi) is 49.0. The van der Waals surface area contributed by atoms with E-state index in [2.05, 4.69) is 62.5 Å². The van der Waals surface area contributed by atoms with Crippen LogP contribution >= 0.6 is 7.82 Å². The van der Waals surface area contributed by atoms with Gasteiger partial charge in [0.05, 0.1) is 33.8 Å². The number of nitrogens with zero attached hydrogens (tertiary/aromatic N) is 1. The maximum atomic E-state index is 13.5. The number of hydrogen-bond acceptors (Lipinski definition) is 6. The molecule has 0 fully saturated rings. The summed E-state index contributed by atoms with van der Waals surface area (Å²) in [4.78, 5) is 37.6. The van der Waals surface area contributed by atoms with Gasteiger partial charge in [-0.15, -0.1) is 0 Å². The Morgan fingerprint density at radius 1 is 0.500 bits per heavy atom. The summed E-state index contributed by atoms with van der Waals surface area (Å²) in [7, 11) is 1.49. The number of carbonyl (C=O) groups is 2. The van der Waals surface area contributed by atoms with E-state index in [0.29, 0.717) is 17.4 Å². The number of rotatable bonds is 53. The number of carbonyl (C=O) groups excluding carboxylic acids is 2. The number of unbranched alkanes of at least 4 members (excludes halogenated alkanes) is 31. The van der Waals surface area contributed by atoms with E-state index in [9.17, 15) is 19.0 Å². The van der Waals surface area contributed by atoms with Crippen LogP contribution < -0.4 is 5.32 Å². The van der Waals surface area contributed by atoms with Crippen LogP contribution in [0.15, 0.2) is 48.6 Å². The summed E-state index contributed by atoms with van der Waals surface area (Å²) in [6.45, 7) is 6.97. The first kappa shape index (κ1) is 68.0. The Hall–Kier alpha value is -2.03. The van der Waals surface area contributed by atoms with E-state index < -0.39 is 20.0 Å². The van der Waals surface area contributed by atoms with Gasteiger partial charge >= 0.3 is 13.8 Å². The molecule has 0 saturated carbocycles. The molecule has 1 amide bonds. The molecular formula is C60H114N2O7P+. The van der Waals surface area contributed by atoms with Crippen molar-refractivity contribution in [1.29, 1.82) is 0 Å². The number of quaternary nitrogens is 1. The Bertz CT molecular complexity index is 1340. The minimum atomic E-state index is -4.45. The van der Waals surface area contributed by atoms with Crippen molar-refractivity contribution in [3.05, 3.63) is 48.6 Å². The summed E-state index contributed by atoms with van der Waals surface area (Å²) in [5.74, 6) is -0.524. The van der Waals surface area contributed by atoms with Crippen molar-refractivity contribution in [3.63, 3.8) is 0 Å². The zero-order valence-corrected chi connectivity index (χ0v) is 47.7. The van der Waals surface area contributed by atoms with Crippen molar-refractivity contribution < 1.29 is 37.3 Å². The van der Waals surface area contributed by atoms with E-state index in [0.717, 1.165) is 77.0 Å². The van der Waals surface area contributed by atoms with Gasteiger partial charge in [-0.3, -0.25) is 18.6 Å². The van der Waals surface area contributed by atoms with Crippen LogP contribution in [-0.4, -0.2) is 74.3 Å². The Morgan fingerprint density at radius 3 is 1.34 bits per heavy atom.